The summed E-state index contributed by atoms with van der Waals surface area (Å²) in [4.78, 5) is 23.3. The molecule has 0 radical (unpaired) electrons. The predicted octanol–water partition coefficient (Wildman–Crippen LogP) is 6.09. The highest BCUT2D eigenvalue weighted by atomic mass is 31.2. The van der Waals surface area contributed by atoms with E-state index in [1.54, 1.807) is 0 Å². The molecule has 0 aliphatic heterocycles. The van der Waals surface area contributed by atoms with Crippen LogP contribution in [0, 0.1) is 0 Å². The molecular weight excluding hydrogens is 717 g/mol. The third-order valence-corrected chi connectivity index (χ3v) is 11.7. The van der Waals surface area contributed by atoms with Crippen molar-refractivity contribution < 1.29 is 59.0 Å². The zero-order valence-electron chi connectivity index (χ0n) is 33.7. The molecule has 322 valence electrons. The van der Waals surface area contributed by atoms with Gasteiger partial charge in [-0.05, 0) is 12.8 Å². The van der Waals surface area contributed by atoms with Crippen LogP contribution in [-0.2, 0) is 18.4 Å². The Hall–Kier alpha value is -0.700. The second-order valence-electron chi connectivity index (χ2n) is 15.7. The van der Waals surface area contributed by atoms with Gasteiger partial charge in [0.05, 0.1) is 31.3 Å². The second-order valence-corrected chi connectivity index (χ2v) is 17.1. The lowest BCUT2D eigenvalue weighted by Gasteiger charge is -2.41. The number of rotatable bonds is 35. The van der Waals surface area contributed by atoms with E-state index in [4.69, 9.17) is 9.05 Å². The van der Waals surface area contributed by atoms with E-state index in [9.17, 15) is 50.0 Å². The molecule has 0 aromatic carbocycles. The number of carbonyl (C=O) groups excluding carboxylic acids is 1. The molecular formula is C40H80NO12P. The van der Waals surface area contributed by atoms with E-state index >= 15 is 0 Å². The first-order valence-corrected chi connectivity index (χ1v) is 23.1. The minimum Gasteiger partial charge on any atom is -0.393 e. The van der Waals surface area contributed by atoms with Gasteiger partial charge in [0.25, 0.3) is 0 Å². The molecule has 0 aromatic rings. The number of unbranched alkanes of at least 4 members (excludes halogenated alkanes) is 22. The molecule has 13 nitrogen and oxygen atoms in total. The Labute approximate surface area is 326 Å². The fourth-order valence-electron chi connectivity index (χ4n) is 7.13. The van der Waals surface area contributed by atoms with E-state index in [-0.39, 0.29) is 12.8 Å². The Morgan fingerprint density at radius 3 is 1.33 bits per heavy atom. The van der Waals surface area contributed by atoms with Crippen molar-refractivity contribution in [2.24, 2.45) is 0 Å². The quantitative estimate of drug-likeness (QED) is 0.0263. The monoisotopic (exact) mass is 798 g/mol. The number of carbonyl (C=O) groups is 1. The molecule has 1 saturated carbocycles. The number of aliphatic hydroxyl groups excluding tert-OH is 7. The molecule has 9 N–H and O–H groups in total. The third kappa shape index (κ3) is 23.5. The first-order valence-electron chi connectivity index (χ1n) is 21.6. The van der Waals surface area contributed by atoms with Gasteiger partial charge in [0.1, 0.15) is 36.6 Å². The van der Waals surface area contributed by atoms with Crippen molar-refractivity contribution >= 4 is 13.7 Å². The molecule has 0 heterocycles. The Bertz CT molecular complexity index is 948. The summed E-state index contributed by atoms with van der Waals surface area (Å²) < 4.78 is 22.8. The Balaban J connectivity index is 2.58. The summed E-state index contributed by atoms with van der Waals surface area (Å²) in [7, 11) is -5.10. The highest BCUT2D eigenvalue weighted by Gasteiger charge is 2.51. The van der Waals surface area contributed by atoms with Gasteiger partial charge in [0.15, 0.2) is 0 Å². The number of phosphoric ester groups is 1. The molecule has 1 aliphatic carbocycles. The molecule has 0 bridgehead atoms. The van der Waals surface area contributed by atoms with Gasteiger partial charge < -0.3 is 46.0 Å². The molecule has 8 unspecified atom stereocenters. The molecule has 8 atom stereocenters. The smallest absolute Gasteiger partial charge is 0.393 e. The Morgan fingerprint density at radius 1 is 0.574 bits per heavy atom. The number of aliphatic hydroxyl groups is 7. The fourth-order valence-corrected chi connectivity index (χ4v) is 8.09. The molecule has 54 heavy (non-hydrogen) atoms. The van der Waals surface area contributed by atoms with Gasteiger partial charge in [0.2, 0.25) is 5.91 Å². The van der Waals surface area contributed by atoms with Crippen LogP contribution in [-0.4, -0.2) is 108 Å². The van der Waals surface area contributed by atoms with Crippen molar-refractivity contribution in [3.8, 4) is 0 Å². The second kappa shape index (κ2) is 31.3. The van der Waals surface area contributed by atoms with Crippen LogP contribution in [0.5, 0.6) is 0 Å². The van der Waals surface area contributed by atoms with Crippen LogP contribution in [0.3, 0.4) is 0 Å². The maximum Gasteiger partial charge on any atom is 0.472 e. The van der Waals surface area contributed by atoms with Crippen molar-refractivity contribution in [3.63, 3.8) is 0 Å². The van der Waals surface area contributed by atoms with Gasteiger partial charge in [-0.25, -0.2) is 4.57 Å². The van der Waals surface area contributed by atoms with Crippen molar-refractivity contribution in [2.75, 3.05) is 6.61 Å². The van der Waals surface area contributed by atoms with Gasteiger partial charge in [-0.2, -0.15) is 0 Å². The van der Waals surface area contributed by atoms with Gasteiger partial charge in [-0.15, -0.1) is 0 Å². The van der Waals surface area contributed by atoms with Gasteiger partial charge in [-0.3, -0.25) is 13.8 Å². The maximum atomic E-state index is 12.9. The lowest BCUT2D eigenvalue weighted by atomic mass is 9.85. The van der Waals surface area contributed by atoms with Crippen LogP contribution in [0.25, 0.3) is 0 Å². The topological polar surface area (TPSA) is 226 Å². The number of hydrogen-bond donors (Lipinski definition) is 9. The Morgan fingerprint density at radius 2 is 0.926 bits per heavy atom. The molecule has 14 heteroatoms. The van der Waals surface area contributed by atoms with Gasteiger partial charge in [0, 0.05) is 0 Å². The average Bonchev–Trinajstić information content (AvgIpc) is 3.14. The van der Waals surface area contributed by atoms with Crippen LogP contribution in [0.15, 0.2) is 0 Å². The lowest BCUT2D eigenvalue weighted by Crippen LogP contribution is -2.64. The largest absolute Gasteiger partial charge is 0.472 e. The van der Waals surface area contributed by atoms with Crippen LogP contribution in [0.1, 0.15) is 187 Å². The number of nitrogens with one attached hydrogen (secondary N) is 1. The number of hydrogen-bond acceptors (Lipinski definition) is 11. The van der Waals surface area contributed by atoms with Crippen molar-refractivity contribution in [3.05, 3.63) is 0 Å². The molecule has 0 spiro atoms. The minimum absolute atomic E-state index is 0.217. The first-order chi connectivity index (χ1) is 25.8. The van der Waals surface area contributed by atoms with E-state index in [0.29, 0.717) is 12.8 Å². The normalized spacial score (nSPS) is 24.6. The van der Waals surface area contributed by atoms with Crippen LogP contribution >= 0.6 is 7.82 Å². The van der Waals surface area contributed by atoms with Crippen LogP contribution in [0.2, 0.25) is 0 Å². The summed E-state index contributed by atoms with van der Waals surface area (Å²) in [6.45, 7) is 3.75. The van der Waals surface area contributed by atoms with Gasteiger partial charge in [-0.1, -0.05) is 168 Å². The average molecular weight is 798 g/mol. The predicted molar refractivity (Wildman–Crippen MR) is 211 cm³/mol. The molecule has 1 amide bonds. The van der Waals surface area contributed by atoms with E-state index < -0.39 is 75.2 Å². The highest BCUT2D eigenvalue weighted by Crippen LogP contribution is 2.47. The van der Waals surface area contributed by atoms with Gasteiger partial charge >= 0.3 is 7.82 Å². The zero-order valence-corrected chi connectivity index (χ0v) is 34.5. The molecule has 0 aromatic heterocycles. The van der Waals surface area contributed by atoms with E-state index in [2.05, 4.69) is 19.2 Å². The third-order valence-electron chi connectivity index (χ3n) is 10.7. The summed E-state index contributed by atoms with van der Waals surface area (Å²) in [6.07, 6.45) is 14.5. The van der Waals surface area contributed by atoms with E-state index in [0.717, 1.165) is 51.4 Å². The summed E-state index contributed by atoms with van der Waals surface area (Å²) in [6, 6.07) is -1.15. The SMILES string of the molecule is CCCCCCCCCCCCCCCCC(O)C(COP(=O)(O)OC1C(O)C(O)C(O)C(O)C1O)NC(=O)CC(O)CCCCCCCCCCCC. The highest BCUT2D eigenvalue weighted by molar-refractivity contribution is 7.47. The molecule has 1 rings (SSSR count). The first kappa shape index (κ1) is 51.3. The lowest BCUT2D eigenvalue weighted by molar-refractivity contribution is -0.220. The summed E-state index contributed by atoms with van der Waals surface area (Å²) in [5.74, 6) is -0.560. The standard InChI is InChI=1S/C40H80NO12P/c1-3-5-7-9-11-13-15-16-17-18-20-22-24-26-28-33(43)32(30-52-54(50,51)53-40-38(48)36(46)35(45)37(47)39(40)49)41-34(44)29-31(42)27-25-23-21-19-14-12-10-8-6-4-2/h31-33,35-40,42-43,45-49H,3-30H2,1-2H3,(H,41,44)(H,50,51). The number of phosphoric acid groups is 1. The summed E-state index contributed by atoms with van der Waals surface area (Å²) >= 11 is 0. The summed E-state index contributed by atoms with van der Waals surface area (Å²) in [5, 5.41) is 74.3. The number of amides is 1. The summed E-state index contributed by atoms with van der Waals surface area (Å²) in [5.41, 5.74) is 0. The van der Waals surface area contributed by atoms with Crippen molar-refractivity contribution in [2.45, 2.75) is 242 Å². The Kier molecular flexibility index (Phi) is 29.8. The van der Waals surface area contributed by atoms with Crippen LogP contribution in [0.4, 0.5) is 0 Å². The molecule has 0 saturated heterocycles. The fraction of sp³-hybridized carbons (Fsp3) is 0.975. The van der Waals surface area contributed by atoms with Crippen LogP contribution < -0.4 is 5.32 Å². The molecule has 1 aliphatic rings. The van der Waals surface area contributed by atoms with Crippen molar-refractivity contribution in [1.29, 1.82) is 0 Å². The molecule has 1 fully saturated rings. The van der Waals surface area contributed by atoms with E-state index in [1.807, 2.05) is 0 Å². The zero-order chi connectivity index (χ0) is 40.2. The van der Waals surface area contributed by atoms with Crippen molar-refractivity contribution in [1.82, 2.24) is 5.32 Å². The minimum atomic E-state index is -5.10. The maximum absolute atomic E-state index is 12.9. The van der Waals surface area contributed by atoms with E-state index in [1.165, 1.54) is 96.3 Å².